The van der Waals surface area contributed by atoms with Gasteiger partial charge in [0.15, 0.2) is 0 Å². The molecule has 6 nitrogen and oxygen atoms in total. The molecule has 35 heavy (non-hydrogen) atoms. The van der Waals surface area contributed by atoms with E-state index in [-0.39, 0.29) is 41.5 Å². The van der Waals surface area contributed by atoms with Crippen LogP contribution < -0.4 is 16.0 Å². The van der Waals surface area contributed by atoms with Crippen LogP contribution in [0.1, 0.15) is 78.1 Å². The van der Waals surface area contributed by atoms with E-state index < -0.39 is 0 Å². The number of nitriles is 1. The average Bonchev–Trinajstić information content (AvgIpc) is 3.39. The van der Waals surface area contributed by atoms with Gasteiger partial charge in [0, 0.05) is 29.3 Å². The van der Waals surface area contributed by atoms with E-state index in [1.165, 1.54) is 31.0 Å². The van der Waals surface area contributed by atoms with Gasteiger partial charge in [0.2, 0.25) is 11.8 Å². The van der Waals surface area contributed by atoms with Crippen LogP contribution >= 0.6 is 23.5 Å². The second-order valence-electron chi connectivity index (χ2n) is 10.7. The van der Waals surface area contributed by atoms with Gasteiger partial charge in [-0.2, -0.15) is 17.0 Å². The summed E-state index contributed by atoms with van der Waals surface area (Å²) < 4.78 is 0. The molecule has 0 spiro atoms. The van der Waals surface area contributed by atoms with Crippen molar-refractivity contribution >= 4 is 35.3 Å². The highest BCUT2D eigenvalue weighted by atomic mass is 32.2. The Labute approximate surface area is 218 Å². The molecule has 8 heteroatoms. The van der Waals surface area contributed by atoms with Crippen molar-refractivity contribution in [3.8, 4) is 6.07 Å². The lowest BCUT2D eigenvalue weighted by atomic mass is 9.77. The van der Waals surface area contributed by atoms with E-state index in [0.717, 1.165) is 78.7 Å². The lowest BCUT2D eigenvalue weighted by Gasteiger charge is -2.34. The molecule has 2 atom stereocenters. The highest BCUT2D eigenvalue weighted by molar-refractivity contribution is 8.03. The Hall–Kier alpha value is -1.59. The molecule has 3 N–H and O–H groups in total. The average molecular weight is 517 g/mol. The van der Waals surface area contributed by atoms with Gasteiger partial charge in [-0.1, -0.05) is 37.9 Å². The highest BCUT2D eigenvalue weighted by Crippen LogP contribution is 2.43. The second-order valence-corrected chi connectivity index (χ2v) is 12.9. The van der Waals surface area contributed by atoms with Crippen LogP contribution in [0, 0.1) is 29.1 Å². The number of allylic oxidation sites excluding steroid dienone is 2. The number of hydrogen-bond donors (Lipinski definition) is 3. The summed E-state index contributed by atoms with van der Waals surface area (Å²) in [7, 11) is 0. The van der Waals surface area contributed by atoms with Gasteiger partial charge in [-0.15, -0.1) is 0 Å². The van der Waals surface area contributed by atoms with Crippen LogP contribution in [0.5, 0.6) is 0 Å². The topological polar surface area (TPSA) is 94.0 Å². The van der Waals surface area contributed by atoms with Crippen LogP contribution in [-0.4, -0.2) is 41.2 Å². The zero-order valence-corrected chi connectivity index (χ0v) is 22.8. The third-order valence-electron chi connectivity index (χ3n) is 8.04. The molecule has 0 bridgehead atoms. The Morgan fingerprint density at radius 1 is 1.06 bits per heavy atom. The predicted molar refractivity (Wildman–Crippen MR) is 144 cm³/mol. The van der Waals surface area contributed by atoms with E-state index in [0.29, 0.717) is 5.57 Å². The fourth-order valence-corrected chi connectivity index (χ4v) is 8.19. The smallest absolute Gasteiger partial charge is 0.249 e. The van der Waals surface area contributed by atoms with Crippen LogP contribution in [0.3, 0.4) is 0 Å². The van der Waals surface area contributed by atoms with Gasteiger partial charge in [0.05, 0.1) is 22.4 Å². The molecule has 0 aromatic carbocycles. The van der Waals surface area contributed by atoms with Crippen LogP contribution in [0.2, 0.25) is 0 Å². The maximum atomic E-state index is 13.5. The number of carbonyl (C=O) groups excluding carboxylic acids is 2. The molecule has 192 valence electrons. The molecule has 1 saturated heterocycles. The highest BCUT2D eigenvalue weighted by Gasteiger charge is 2.40. The molecular formula is C27H40N4O2S2. The summed E-state index contributed by atoms with van der Waals surface area (Å²) in [6.45, 7) is 4.22. The first-order chi connectivity index (χ1) is 17.0. The van der Waals surface area contributed by atoms with E-state index in [4.69, 9.17) is 0 Å². The van der Waals surface area contributed by atoms with E-state index in [1.807, 2.05) is 18.7 Å². The molecule has 4 aliphatic rings. The fourth-order valence-electron chi connectivity index (χ4n) is 5.98. The zero-order valence-electron chi connectivity index (χ0n) is 21.2. The maximum Gasteiger partial charge on any atom is 0.249 e. The summed E-state index contributed by atoms with van der Waals surface area (Å²) in [5.74, 6) is 3.12. The van der Waals surface area contributed by atoms with Gasteiger partial charge in [-0.25, -0.2) is 0 Å². The summed E-state index contributed by atoms with van der Waals surface area (Å²) in [6, 6.07) is 2.94. The first kappa shape index (κ1) is 26.5. The predicted octanol–water partition coefficient (Wildman–Crippen LogP) is 4.85. The van der Waals surface area contributed by atoms with Crippen molar-refractivity contribution in [3.63, 3.8) is 0 Å². The van der Waals surface area contributed by atoms with Gasteiger partial charge < -0.3 is 16.0 Å². The van der Waals surface area contributed by atoms with Crippen LogP contribution in [-0.2, 0) is 9.59 Å². The molecule has 2 heterocycles. The number of carbonyl (C=O) groups is 2. The minimum absolute atomic E-state index is 0.0233. The Morgan fingerprint density at radius 3 is 2.43 bits per heavy atom. The molecule has 0 radical (unpaired) electrons. The molecule has 0 aromatic rings. The van der Waals surface area contributed by atoms with Gasteiger partial charge >= 0.3 is 0 Å². The molecule has 2 amide bonds. The van der Waals surface area contributed by atoms with E-state index in [9.17, 15) is 14.9 Å². The van der Waals surface area contributed by atoms with Gasteiger partial charge in [-0.05, 0) is 75.2 Å². The third-order valence-corrected chi connectivity index (χ3v) is 10.2. The Balaban J connectivity index is 1.46. The molecule has 3 fully saturated rings. The van der Waals surface area contributed by atoms with E-state index in [2.05, 4.69) is 28.9 Å². The van der Waals surface area contributed by atoms with Crippen LogP contribution in [0.25, 0.3) is 0 Å². The SMILES string of the molecule is CC1=C(C(=O)NC2CCCCC2)C(C2CCSC2)C(C#N)=C(SCC(=O)NC2CCC(C)CC2)N1. The molecule has 2 unspecified atom stereocenters. The summed E-state index contributed by atoms with van der Waals surface area (Å²) in [5, 5.41) is 20.8. The molecule has 4 rings (SSSR count). The first-order valence-corrected chi connectivity index (χ1v) is 15.5. The molecule has 0 aromatic heterocycles. The number of nitrogens with zero attached hydrogens (tertiary/aromatic N) is 1. The number of thioether (sulfide) groups is 2. The summed E-state index contributed by atoms with van der Waals surface area (Å²) in [6.07, 6.45) is 11.1. The van der Waals surface area contributed by atoms with Crippen molar-refractivity contribution in [2.45, 2.75) is 90.1 Å². The normalized spacial score (nSPS) is 30.0. The maximum absolute atomic E-state index is 13.5. The zero-order chi connectivity index (χ0) is 24.8. The lowest BCUT2D eigenvalue weighted by molar-refractivity contribution is -0.120. The monoisotopic (exact) mass is 516 g/mol. The number of amides is 2. The molecule has 2 aliphatic heterocycles. The van der Waals surface area contributed by atoms with Crippen molar-refractivity contribution in [1.29, 1.82) is 5.26 Å². The summed E-state index contributed by atoms with van der Waals surface area (Å²) in [5.41, 5.74) is 2.18. The van der Waals surface area contributed by atoms with Gasteiger partial charge in [0.25, 0.3) is 0 Å². The van der Waals surface area contributed by atoms with Crippen molar-refractivity contribution in [2.75, 3.05) is 17.3 Å². The third kappa shape index (κ3) is 6.80. The standard InChI is InChI=1S/C27H40N4O2S2/c1-17-8-10-21(11-9-17)30-23(32)16-35-27-22(14-28)25(19-12-13-34-15-19)24(18(2)29-27)26(33)31-20-6-4-3-5-7-20/h17,19-21,25,29H,3-13,15-16H2,1-2H3,(H,30,32)(H,31,33). The first-order valence-electron chi connectivity index (χ1n) is 13.4. The Morgan fingerprint density at radius 2 is 1.77 bits per heavy atom. The van der Waals surface area contributed by atoms with E-state index >= 15 is 0 Å². The Kier molecular flexibility index (Phi) is 9.52. The molecule has 2 saturated carbocycles. The minimum Gasteiger partial charge on any atom is -0.353 e. The minimum atomic E-state index is -0.203. The van der Waals surface area contributed by atoms with Crippen LogP contribution in [0.15, 0.2) is 21.9 Å². The number of nitrogens with one attached hydrogen (secondary N) is 3. The Bertz CT molecular complexity index is 889. The molecule has 2 aliphatic carbocycles. The van der Waals surface area contributed by atoms with Crippen molar-refractivity contribution < 1.29 is 9.59 Å². The fraction of sp³-hybridized carbons (Fsp3) is 0.741. The second kappa shape index (κ2) is 12.6. The number of dihydropyridines is 1. The molecular weight excluding hydrogens is 476 g/mol. The number of hydrogen-bond acceptors (Lipinski definition) is 6. The largest absolute Gasteiger partial charge is 0.353 e. The van der Waals surface area contributed by atoms with Crippen molar-refractivity contribution in [1.82, 2.24) is 16.0 Å². The lowest BCUT2D eigenvalue weighted by Crippen LogP contribution is -2.42. The summed E-state index contributed by atoms with van der Waals surface area (Å²) >= 11 is 3.30. The number of rotatable bonds is 7. The van der Waals surface area contributed by atoms with Crippen molar-refractivity contribution in [3.05, 3.63) is 21.9 Å². The van der Waals surface area contributed by atoms with Gasteiger partial charge in [0.1, 0.15) is 0 Å². The van der Waals surface area contributed by atoms with Crippen molar-refractivity contribution in [2.24, 2.45) is 17.8 Å². The van der Waals surface area contributed by atoms with Crippen LogP contribution in [0.4, 0.5) is 0 Å². The van der Waals surface area contributed by atoms with Gasteiger partial charge in [-0.3, -0.25) is 9.59 Å². The van der Waals surface area contributed by atoms with E-state index in [1.54, 1.807) is 0 Å². The quantitative estimate of drug-likeness (QED) is 0.448. The summed E-state index contributed by atoms with van der Waals surface area (Å²) in [4.78, 5) is 26.2.